The largest absolute Gasteiger partial charge is 0.381 e. The van der Waals surface area contributed by atoms with Crippen molar-refractivity contribution in [1.82, 2.24) is 4.90 Å². The van der Waals surface area contributed by atoms with Gasteiger partial charge in [0.05, 0.1) is 12.0 Å². The highest BCUT2D eigenvalue weighted by molar-refractivity contribution is 6.00. The van der Waals surface area contributed by atoms with E-state index in [1.807, 2.05) is 29.2 Å². The molecule has 2 aromatic rings. The molecule has 2 heterocycles. The molecule has 0 radical (unpaired) electrons. The summed E-state index contributed by atoms with van der Waals surface area (Å²) in [7, 11) is 0. The Labute approximate surface area is 168 Å². The van der Waals surface area contributed by atoms with Crippen LogP contribution in [-0.2, 0) is 16.1 Å². The fraction of sp³-hybridized carbons (Fsp3) is 0.318. The maximum Gasteiger partial charge on any atom is 0.254 e. The van der Waals surface area contributed by atoms with E-state index in [9.17, 15) is 14.4 Å². The van der Waals surface area contributed by atoms with Crippen molar-refractivity contribution in [2.24, 2.45) is 5.73 Å². The number of anilines is 1. The molecule has 0 unspecified atom stereocenters. The lowest BCUT2D eigenvalue weighted by Crippen LogP contribution is -2.54. The number of nitrogens with two attached hydrogens (primary N) is 1. The highest BCUT2D eigenvalue weighted by Gasteiger charge is 2.46. The molecule has 0 aromatic heterocycles. The third-order valence-electron chi connectivity index (χ3n) is 5.76. The first-order valence-electron chi connectivity index (χ1n) is 9.66. The third-order valence-corrected chi connectivity index (χ3v) is 5.76. The number of benzene rings is 2. The molecule has 7 heteroatoms. The molecular weight excluding hydrogens is 370 g/mol. The van der Waals surface area contributed by atoms with Crippen LogP contribution in [0.1, 0.15) is 45.5 Å². The van der Waals surface area contributed by atoms with Crippen molar-refractivity contribution in [3.8, 4) is 0 Å². The van der Waals surface area contributed by atoms with Crippen LogP contribution in [0.25, 0.3) is 0 Å². The Morgan fingerprint density at radius 2 is 1.76 bits per heavy atom. The molecule has 0 atom stereocenters. The van der Waals surface area contributed by atoms with E-state index in [0.717, 1.165) is 5.56 Å². The predicted octanol–water partition coefficient (Wildman–Crippen LogP) is 2.32. The maximum absolute atomic E-state index is 13.1. The van der Waals surface area contributed by atoms with Crippen LogP contribution in [0.3, 0.4) is 0 Å². The lowest BCUT2D eigenvalue weighted by atomic mass is 9.84. The van der Waals surface area contributed by atoms with E-state index in [1.165, 1.54) is 0 Å². The smallest absolute Gasteiger partial charge is 0.254 e. The molecule has 29 heavy (non-hydrogen) atoms. The molecule has 3 N–H and O–H groups in total. The number of hydrogen-bond acceptors (Lipinski definition) is 4. The topological polar surface area (TPSA) is 102 Å². The van der Waals surface area contributed by atoms with Crippen molar-refractivity contribution in [2.45, 2.75) is 31.3 Å². The Morgan fingerprint density at radius 1 is 1.07 bits per heavy atom. The van der Waals surface area contributed by atoms with Gasteiger partial charge in [-0.05, 0) is 48.7 Å². The number of carbonyl (C=O) groups is 3. The van der Waals surface area contributed by atoms with Gasteiger partial charge in [-0.3, -0.25) is 14.4 Å². The molecule has 0 bridgehead atoms. The van der Waals surface area contributed by atoms with E-state index < -0.39 is 11.4 Å². The SMILES string of the molecule is NC(=O)c1ccc(NC(=O)CC2(N3Cc4ccccc4C3=O)CCOCC2)cc1. The molecule has 7 nitrogen and oxygen atoms in total. The summed E-state index contributed by atoms with van der Waals surface area (Å²) in [5, 5.41) is 2.87. The quantitative estimate of drug-likeness (QED) is 0.814. The number of hydrogen-bond donors (Lipinski definition) is 2. The zero-order valence-electron chi connectivity index (χ0n) is 16.0. The summed E-state index contributed by atoms with van der Waals surface area (Å²) in [6.45, 7) is 1.54. The number of amides is 3. The summed E-state index contributed by atoms with van der Waals surface area (Å²) >= 11 is 0. The van der Waals surface area contributed by atoms with Gasteiger partial charge in [0.2, 0.25) is 11.8 Å². The van der Waals surface area contributed by atoms with E-state index in [4.69, 9.17) is 10.5 Å². The summed E-state index contributed by atoms with van der Waals surface area (Å²) in [6.07, 6.45) is 1.41. The van der Waals surface area contributed by atoms with Crippen molar-refractivity contribution in [3.05, 3.63) is 65.2 Å². The average molecular weight is 393 g/mol. The number of rotatable bonds is 5. The first kappa shape index (κ1) is 19.1. The zero-order chi connectivity index (χ0) is 20.4. The molecular formula is C22H23N3O4. The Kier molecular flexibility index (Phi) is 5.07. The molecule has 4 rings (SSSR count). The third kappa shape index (κ3) is 3.73. The number of ether oxygens (including phenoxy) is 1. The van der Waals surface area contributed by atoms with Crippen molar-refractivity contribution in [2.75, 3.05) is 18.5 Å². The average Bonchev–Trinajstić information content (AvgIpc) is 3.06. The first-order chi connectivity index (χ1) is 14.0. The maximum atomic E-state index is 13.1. The standard InChI is InChI=1S/C22H23N3O4/c23-20(27)15-5-7-17(8-6-15)24-19(26)13-22(9-11-29-12-10-22)25-14-16-3-1-2-4-18(16)21(25)28/h1-8H,9-14H2,(H2,23,27)(H,24,26). The molecule has 2 aliphatic heterocycles. The van der Waals surface area contributed by atoms with Crippen LogP contribution in [0.5, 0.6) is 0 Å². The fourth-order valence-electron chi connectivity index (χ4n) is 4.15. The van der Waals surface area contributed by atoms with Crippen molar-refractivity contribution in [3.63, 3.8) is 0 Å². The van der Waals surface area contributed by atoms with Crippen LogP contribution in [0.4, 0.5) is 5.69 Å². The highest BCUT2D eigenvalue weighted by Crippen LogP contribution is 2.38. The summed E-state index contributed by atoms with van der Waals surface area (Å²) in [5.74, 6) is -0.722. The van der Waals surface area contributed by atoms with E-state index in [0.29, 0.717) is 49.4 Å². The van der Waals surface area contributed by atoms with Gasteiger partial charge in [0.25, 0.3) is 5.91 Å². The Balaban J connectivity index is 1.52. The molecule has 2 aliphatic rings. The van der Waals surface area contributed by atoms with Crippen molar-refractivity contribution >= 4 is 23.4 Å². The van der Waals surface area contributed by atoms with Gasteiger partial charge >= 0.3 is 0 Å². The van der Waals surface area contributed by atoms with Gasteiger partial charge in [-0.15, -0.1) is 0 Å². The predicted molar refractivity (Wildman–Crippen MR) is 107 cm³/mol. The number of nitrogens with one attached hydrogen (secondary N) is 1. The lowest BCUT2D eigenvalue weighted by Gasteiger charge is -2.44. The minimum atomic E-state index is -0.578. The van der Waals surface area contributed by atoms with Crippen LogP contribution in [0, 0.1) is 0 Å². The second-order valence-corrected chi connectivity index (χ2v) is 7.55. The summed E-state index contributed by atoms with van der Waals surface area (Å²) in [6, 6.07) is 14.0. The number of carbonyl (C=O) groups excluding carboxylic acids is 3. The molecule has 1 fully saturated rings. The van der Waals surface area contributed by atoms with Crippen LogP contribution >= 0.6 is 0 Å². The number of nitrogens with zero attached hydrogens (tertiary/aromatic N) is 1. The number of primary amides is 1. The van der Waals surface area contributed by atoms with Gasteiger partial charge < -0.3 is 20.7 Å². The first-order valence-corrected chi connectivity index (χ1v) is 9.66. The monoisotopic (exact) mass is 393 g/mol. The van der Waals surface area contributed by atoms with Gasteiger partial charge in [-0.25, -0.2) is 0 Å². The molecule has 150 valence electrons. The summed E-state index contributed by atoms with van der Waals surface area (Å²) in [4.78, 5) is 39.0. The van der Waals surface area contributed by atoms with E-state index in [1.54, 1.807) is 24.3 Å². The highest BCUT2D eigenvalue weighted by atomic mass is 16.5. The Morgan fingerprint density at radius 3 is 2.41 bits per heavy atom. The van der Waals surface area contributed by atoms with Crippen LogP contribution in [0.2, 0.25) is 0 Å². The van der Waals surface area contributed by atoms with E-state index in [2.05, 4.69) is 5.32 Å². The summed E-state index contributed by atoms with van der Waals surface area (Å²) in [5.41, 5.74) is 7.33. The van der Waals surface area contributed by atoms with Crippen LogP contribution < -0.4 is 11.1 Å². The van der Waals surface area contributed by atoms with Gasteiger partial charge in [-0.2, -0.15) is 0 Å². The minimum Gasteiger partial charge on any atom is -0.381 e. The molecule has 2 aromatic carbocycles. The van der Waals surface area contributed by atoms with Gasteiger partial charge in [-0.1, -0.05) is 18.2 Å². The lowest BCUT2D eigenvalue weighted by molar-refractivity contribution is -0.120. The molecule has 0 saturated carbocycles. The Hall–Kier alpha value is -3.19. The van der Waals surface area contributed by atoms with E-state index in [-0.39, 0.29) is 18.2 Å². The van der Waals surface area contributed by atoms with Crippen molar-refractivity contribution < 1.29 is 19.1 Å². The second-order valence-electron chi connectivity index (χ2n) is 7.55. The summed E-state index contributed by atoms with van der Waals surface area (Å²) < 4.78 is 5.52. The van der Waals surface area contributed by atoms with Gasteiger partial charge in [0.15, 0.2) is 0 Å². The van der Waals surface area contributed by atoms with Crippen molar-refractivity contribution in [1.29, 1.82) is 0 Å². The normalized spacial score (nSPS) is 17.7. The molecule has 0 spiro atoms. The minimum absolute atomic E-state index is 0.0267. The van der Waals surface area contributed by atoms with Gasteiger partial charge in [0, 0.05) is 36.6 Å². The van der Waals surface area contributed by atoms with E-state index >= 15 is 0 Å². The zero-order valence-corrected chi connectivity index (χ0v) is 16.0. The Bertz CT molecular complexity index is 949. The van der Waals surface area contributed by atoms with Crippen LogP contribution in [-0.4, -0.2) is 41.4 Å². The molecule has 0 aliphatic carbocycles. The van der Waals surface area contributed by atoms with Crippen LogP contribution in [0.15, 0.2) is 48.5 Å². The fourth-order valence-corrected chi connectivity index (χ4v) is 4.15. The molecule has 1 saturated heterocycles. The van der Waals surface area contributed by atoms with Gasteiger partial charge in [0.1, 0.15) is 0 Å². The second kappa shape index (κ2) is 7.67. The number of fused-ring (bicyclic) bond motifs is 1. The molecule has 3 amide bonds.